The Morgan fingerprint density at radius 2 is 1.88 bits per heavy atom. The molecule has 0 saturated heterocycles. The Morgan fingerprint density at radius 1 is 1.31 bits per heavy atom. The van der Waals surface area contributed by atoms with Crippen molar-refractivity contribution < 1.29 is 9.13 Å². The lowest BCUT2D eigenvalue weighted by molar-refractivity contribution is 0.313. The summed E-state index contributed by atoms with van der Waals surface area (Å²) in [6.07, 6.45) is 0. The zero-order valence-electron chi connectivity index (χ0n) is 10.1. The van der Waals surface area contributed by atoms with Gasteiger partial charge in [-0.1, -0.05) is 32.9 Å². The topological polar surface area (TPSA) is 35.2 Å². The van der Waals surface area contributed by atoms with Gasteiger partial charge in [0, 0.05) is 11.6 Å². The standard InChI is InChI=1S/C12H18FNO.ClH/c1-12(2,3)11(14)8-6-5-7-9(15-4)10(8)13;/h5-7,11H,14H2,1-4H3;1H/t11-;/m1./s1. The van der Waals surface area contributed by atoms with Crippen LogP contribution in [0.2, 0.25) is 0 Å². The predicted octanol–water partition coefficient (Wildman–Crippen LogP) is 3.30. The number of benzene rings is 1. The summed E-state index contributed by atoms with van der Waals surface area (Å²) in [4.78, 5) is 0. The van der Waals surface area contributed by atoms with Gasteiger partial charge in [0.2, 0.25) is 0 Å². The predicted molar refractivity (Wildman–Crippen MR) is 66.6 cm³/mol. The fourth-order valence-corrected chi connectivity index (χ4v) is 1.39. The first-order chi connectivity index (χ1) is 6.88. The van der Waals surface area contributed by atoms with Crippen LogP contribution >= 0.6 is 12.4 Å². The van der Waals surface area contributed by atoms with E-state index in [9.17, 15) is 4.39 Å². The monoisotopic (exact) mass is 247 g/mol. The van der Waals surface area contributed by atoms with Gasteiger partial charge in [-0.2, -0.15) is 0 Å². The third-order valence-corrected chi connectivity index (χ3v) is 2.48. The highest BCUT2D eigenvalue weighted by atomic mass is 35.5. The molecule has 1 aromatic carbocycles. The van der Waals surface area contributed by atoms with Crippen molar-refractivity contribution in [2.45, 2.75) is 26.8 Å². The Balaban J connectivity index is 0.00000225. The molecule has 0 heterocycles. The van der Waals surface area contributed by atoms with Crippen LogP contribution < -0.4 is 10.5 Å². The van der Waals surface area contributed by atoms with E-state index in [4.69, 9.17) is 10.5 Å². The molecular formula is C12H19ClFNO. The van der Waals surface area contributed by atoms with E-state index in [-0.39, 0.29) is 35.4 Å². The van der Waals surface area contributed by atoms with Gasteiger partial charge in [0.1, 0.15) is 0 Å². The van der Waals surface area contributed by atoms with E-state index < -0.39 is 0 Å². The molecule has 0 fully saturated rings. The van der Waals surface area contributed by atoms with Crippen LogP contribution in [-0.2, 0) is 0 Å². The first-order valence-electron chi connectivity index (χ1n) is 4.96. The molecule has 16 heavy (non-hydrogen) atoms. The molecule has 0 aliphatic carbocycles. The molecule has 2 N–H and O–H groups in total. The van der Waals surface area contributed by atoms with Crippen molar-refractivity contribution in [3.05, 3.63) is 29.6 Å². The lowest BCUT2D eigenvalue weighted by atomic mass is 9.83. The van der Waals surface area contributed by atoms with Crippen LogP contribution in [0.3, 0.4) is 0 Å². The number of methoxy groups -OCH3 is 1. The van der Waals surface area contributed by atoms with E-state index in [1.807, 2.05) is 20.8 Å². The third-order valence-electron chi connectivity index (χ3n) is 2.48. The molecule has 0 amide bonds. The van der Waals surface area contributed by atoms with Crippen LogP contribution in [0.5, 0.6) is 5.75 Å². The molecule has 1 rings (SSSR count). The maximum atomic E-state index is 13.8. The Morgan fingerprint density at radius 3 is 2.31 bits per heavy atom. The lowest BCUT2D eigenvalue weighted by Gasteiger charge is -2.27. The molecule has 0 aliphatic heterocycles. The molecule has 0 unspecified atom stereocenters. The molecule has 0 aromatic heterocycles. The largest absolute Gasteiger partial charge is 0.494 e. The van der Waals surface area contributed by atoms with Crippen molar-refractivity contribution in [2.24, 2.45) is 11.1 Å². The van der Waals surface area contributed by atoms with Crippen molar-refractivity contribution in [3.8, 4) is 5.75 Å². The fourth-order valence-electron chi connectivity index (χ4n) is 1.39. The summed E-state index contributed by atoms with van der Waals surface area (Å²) < 4.78 is 18.8. The van der Waals surface area contributed by atoms with E-state index in [2.05, 4.69) is 0 Å². The number of hydrogen-bond donors (Lipinski definition) is 1. The number of hydrogen-bond acceptors (Lipinski definition) is 2. The maximum absolute atomic E-state index is 13.8. The average molecular weight is 248 g/mol. The Labute approximate surface area is 102 Å². The maximum Gasteiger partial charge on any atom is 0.169 e. The molecule has 0 aliphatic rings. The SMILES string of the molecule is COc1cccc([C@@H](N)C(C)(C)C)c1F.Cl. The zero-order chi connectivity index (χ0) is 11.6. The number of halogens is 2. The second-order valence-electron chi connectivity index (χ2n) is 4.71. The molecule has 0 radical (unpaired) electrons. The second kappa shape index (κ2) is 5.51. The van der Waals surface area contributed by atoms with E-state index in [1.54, 1.807) is 18.2 Å². The summed E-state index contributed by atoms with van der Waals surface area (Å²) in [7, 11) is 1.45. The van der Waals surface area contributed by atoms with Crippen LogP contribution in [-0.4, -0.2) is 7.11 Å². The minimum Gasteiger partial charge on any atom is -0.494 e. The smallest absolute Gasteiger partial charge is 0.169 e. The van der Waals surface area contributed by atoms with Gasteiger partial charge in [-0.25, -0.2) is 4.39 Å². The van der Waals surface area contributed by atoms with E-state index in [1.165, 1.54) is 7.11 Å². The highest BCUT2D eigenvalue weighted by Crippen LogP contribution is 2.34. The molecule has 1 atom stereocenters. The first kappa shape index (κ1) is 15.2. The number of ether oxygens (including phenoxy) is 1. The van der Waals surface area contributed by atoms with Crippen LogP contribution in [0.1, 0.15) is 32.4 Å². The van der Waals surface area contributed by atoms with E-state index in [0.29, 0.717) is 5.56 Å². The van der Waals surface area contributed by atoms with Gasteiger partial charge in [-0.05, 0) is 11.5 Å². The van der Waals surface area contributed by atoms with Gasteiger partial charge in [0.05, 0.1) is 7.11 Å². The summed E-state index contributed by atoms with van der Waals surface area (Å²) in [5, 5.41) is 0. The van der Waals surface area contributed by atoms with Crippen molar-refractivity contribution >= 4 is 12.4 Å². The molecule has 0 spiro atoms. The average Bonchev–Trinajstić information content (AvgIpc) is 2.16. The van der Waals surface area contributed by atoms with Crippen molar-refractivity contribution in [3.63, 3.8) is 0 Å². The summed E-state index contributed by atoms with van der Waals surface area (Å²) >= 11 is 0. The van der Waals surface area contributed by atoms with Gasteiger partial charge in [-0.3, -0.25) is 0 Å². The minimum atomic E-state index is -0.359. The lowest BCUT2D eigenvalue weighted by Crippen LogP contribution is -2.27. The molecule has 92 valence electrons. The van der Waals surface area contributed by atoms with E-state index in [0.717, 1.165) is 0 Å². The Kier molecular flexibility index (Phi) is 5.23. The van der Waals surface area contributed by atoms with Gasteiger partial charge >= 0.3 is 0 Å². The normalized spacial score (nSPS) is 12.9. The van der Waals surface area contributed by atoms with Crippen molar-refractivity contribution in [2.75, 3.05) is 7.11 Å². The van der Waals surface area contributed by atoms with Gasteiger partial charge in [0.25, 0.3) is 0 Å². The van der Waals surface area contributed by atoms with Crippen molar-refractivity contribution in [1.29, 1.82) is 0 Å². The molecular weight excluding hydrogens is 229 g/mol. The third kappa shape index (κ3) is 3.09. The van der Waals surface area contributed by atoms with Crippen molar-refractivity contribution in [1.82, 2.24) is 0 Å². The first-order valence-corrected chi connectivity index (χ1v) is 4.96. The molecule has 0 saturated carbocycles. The van der Waals surface area contributed by atoms with Crippen LogP contribution in [0.4, 0.5) is 4.39 Å². The zero-order valence-corrected chi connectivity index (χ0v) is 10.9. The Bertz CT molecular complexity index is 349. The minimum absolute atomic E-state index is 0. The van der Waals surface area contributed by atoms with Crippen LogP contribution in [0, 0.1) is 11.2 Å². The molecule has 2 nitrogen and oxygen atoms in total. The van der Waals surface area contributed by atoms with Gasteiger partial charge < -0.3 is 10.5 Å². The number of nitrogens with two attached hydrogens (primary N) is 1. The summed E-state index contributed by atoms with van der Waals surface area (Å²) in [6, 6.07) is 4.71. The number of rotatable bonds is 2. The quantitative estimate of drug-likeness (QED) is 0.870. The summed E-state index contributed by atoms with van der Waals surface area (Å²) in [5.41, 5.74) is 6.33. The molecule has 0 bridgehead atoms. The van der Waals surface area contributed by atoms with Gasteiger partial charge in [0.15, 0.2) is 11.6 Å². The van der Waals surface area contributed by atoms with E-state index >= 15 is 0 Å². The summed E-state index contributed by atoms with van der Waals surface area (Å²) in [6.45, 7) is 5.95. The second-order valence-corrected chi connectivity index (χ2v) is 4.71. The fraction of sp³-hybridized carbons (Fsp3) is 0.500. The molecule has 4 heteroatoms. The van der Waals surface area contributed by atoms with Gasteiger partial charge in [-0.15, -0.1) is 12.4 Å². The highest BCUT2D eigenvalue weighted by Gasteiger charge is 2.25. The summed E-state index contributed by atoms with van der Waals surface area (Å²) in [5.74, 6) is -0.116. The van der Waals surface area contributed by atoms with Crippen LogP contribution in [0.15, 0.2) is 18.2 Å². The molecule has 1 aromatic rings. The highest BCUT2D eigenvalue weighted by molar-refractivity contribution is 5.85. The Hall–Kier alpha value is -0.800. The van der Waals surface area contributed by atoms with Crippen LogP contribution in [0.25, 0.3) is 0 Å².